The molecular formula is C27H25FN2O4. The van der Waals surface area contributed by atoms with Gasteiger partial charge in [-0.2, -0.15) is 0 Å². The molecule has 34 heavy (non-hydrogen) atoms. The van der Waals surface area contributed by atoms with E-state index in [9.17, 15) is 14.0 Å². The summed E-state index contributed by atoms with van der Waals surface area (Å²) < 4.78 is 24.6. The maximum atomic E-state index is 13.2. The molecule has 0 radical (unpaired) electrons. The Hall–Kier alpha value is -3.87. The van der Waals surface area contributed by atoms with Crippen LogP contribution in [0.15, 0.2) is 78.9 Å². The fraction of sp³-hybridized carbons (Fsp3) is 0.259. The van der Waals surface area contributed by atoms with Gasteiger partial charge in [-0.3, -0.25) is 9.69 Å². The fourth-order valence-electron chi connectivity index (χ4n) is 4.50. The summed E-state index contributed by atoms with van der Waals surface area (Å²) in [4.78, 5) is 29.1. The highest BCUT2D eigenvalue weighted by molar-refractivity contribution is 5.95. The molecule has 2 fully saturated rings. The van der Waals surface area contributed by atoms with Crippen LogP contribution < -0.4 is 4.74 Å². The van der Waals surface area contributed by atoms with Gasteiger partial charge in [0.25, 0.3) is 5.91 Å². The molecule has 174 valence electrons. The zero-order valence-corrected chi connectivity index (χ0v) is 18.7. The zero-order valence-electron chi connectivity index (χ0n) is 18.7. The van der Waals surface area contributed by atoms with Crippen molar-refractivity contribution in [3.05, 3.63) is 101 Å². The summed E-state index contributed by atoms with van der Waals surface area (Å²) in [5.41, 5.74) is 1.72. The number of nitrogens with zero attached hydrogens (tertiary/aromatic N) is 2. The normalized spacial score (nSPS) is 19.5. The summed E-state index contributed by atoms with van der Waals surface area (Å²) in [6.07, 6.45) is 0.269. The van der Waals surface area contributed by atoms with E-state index in [0.717, 1.165) is 11.1 Å². The van der Waals surface area contributed by atoms with E-state index in [1.54, 1.807) is 46.2 Å². The third-order valence-electron chi connectivity index (χ3n) is 6.26. The molecule has 5 rings (SSSR count). The van der Waals surface area contributed by atoms with E-state index >= 15 is 0 Å². The minimum absolute atomic E-state index is 0.123. The molecule has 0 N–H and O–H groups in total. The average molecular weight is 461 g/mol. The number of halogens is 1. The van der Waals surface area contributed by atoms with Crippen LogP contribution in [0.25, 0.3) is 0 Å². The molecule has 0 bridgehead atoms. The molecule has 3 aromatic carbocycles. The highest BCUT2D eigenvalue weighted by atomic mass is 19.1. The summed E-state index contributed by atoms with van der Waals surface area (Å²) in [6.45, 7) is 2.11. The SMILES string of the molecule is O=C1O[C@@]2(CCN(C(=O)c3cccc(OCc4ccc(F)cc4)c3)C2)CN1Cc1ccccc1. The second-order valence-electron chi connectivity index (χ2n) is 8.81. The largest absolute Gasteiger partial charge is 0.489 e. The van der Waals surface area contributed by atoms with Crippen LogP contribution in [0.4, 0.5) is 9.18 Å². The molecule has 2 aliphatic rings. The average Bonchev–Trinajstić information content (AvgIpc) is 3.40. The highest BCUT2D eigenvalue weighted by Gasteiger charge is 2.50. The van der Waals surface area contributed by atoms with Gasteiger partial charge in [0.2, 0.25) is 0 Å². The lowest BCUT2D eigenvalue weighted by atomic mass is 10.0. The third kappa shape index (κ3) is 4.73. The molecule has 0 aliphatic carbocycles. The van der Waals surface area contributed by atoms with E-state index in [-0.39, 0.29) is 24.4 Å². The van der Waals surface area contributed by atoms with E-state index in [2.05, 4.69) is 0 Å². The van der Waals surface area contributed by atoms with Crippen molar-refractivity contribution in [3.8, 4) is 5.75 Å². The Bertz CT molecular complexity index is 1180. The van der Waals surface area contributed by atoms with Crippen molar-refractivity contribution in [1.29, 1.82) is 0 Å². The number of hydrogen-bond acceptors (Lipinski definition) is 4. The second kappa shape index (κ2) is 9.17. The standard InChI is InChI=1S/C27H25FN2O4/c28-23-11-9-21(10-12-23)17-33-24-8-4-7-22(15-24)25(31)29-14-13-27(18-29)19-30(26(32)34-27)16-20-5-2-1-3-6-20/h1-12,15H,13-14,16-19H2/t27-/m1/s1. The van der Waals surface area contributed by atoms with Crippen molar-refractivity contribution in [2.75, 3.05) is 19.6 Å². The molecule has 2 heterocycles. The lowest BCUT2D eigenvalue weighted by Gasteiger charge is -2.22. The summed E-state index contributed by atoms with van der Waals surface area (Å²) in [7, 11) is 0. The Balaban J connectivity index is 1.21. The fourth-order valence-corrected chi connectivity index (χ4v) is 4.50. The number of likely N-dealkylation sites (tertiary alicyclic amines) is 1. The van der Waals surface area contributed by atoms with Crippen LogP contribution in [0.2, 0.25) is 0 Å². The minimum Gasteiger partial charge on any atom is -0.489 e. The molecule has 7 heteroatoms. The molecular weight excluding hydrogens is 435 g/mol. The van der Waals surface area contributed by atoms with Crippen LogP contribution >= 0.6 is 0 Å². The Morgan fingerprint density at radius 1 is 0.971 bits per heavy atom. The van der Waals surface area contributed by atoms with Crippen LogP contribution in [0.3, 0.4) is 0 Å². The molecule has 0 saturated carbocycles. The van der Waals surface area contributed by atoms with Crippen LogP contribution in [0, 0.1) is 5.82 Å². The van der Waals surface area contributed by atoms with Crippen LogP contribution in [-0.4, -0.2) is 47.0 Å². The van der Waals surface area contributed by atoms with Crippen molar-refractivity contribution in [3.63, 3.8) is 0 Å². The van der Waals surface area contributed by atoms with Gasteiger partial charge in [0.15, 0.2) is 5.60 Å². The molecule has 2 saturated heterocycles. The summed E-state index contributed by atoms with van der Waals surface area (Å²) in [5.74, 6) is 0.142. The van der Waals surface area contributed by atoms with Crippen molar-refractivity contribution >= 4 is 12.0 Å². The molecule has 3 aromatic rings. The number of rotatable bonds is 6. The Labute approximate surface area is 197 Å². The van der Waals surface area contributed by atoms with Gasteiger partial charge < -0.3 is 14.4 Å². The monoisotopic (exact) mass is 460 g/mol. The minimum atomic E-state index is -0.668. The maximum absolute atomic E-state index is 13.2. The van der Waals surface area contributed by atoms with Gasteiger partial charge >= 0.3 is 6.09 Å². The first kappa shape index (κ1) is 21.9. The third-order valence-corrected chi connectivity index (χ3v) is 6.26. The number of hydrogen-bond donors (Lipinski definition) is 0. The zero-order chi connectivity index (χ0) is 23.5. The molecule has 2 amide bonds. The highest BCUT2D eigenvalue weighted by Crippen LogP contribution is 2.34. The van der Waals surface area contributed by atoms with E-state index in [0.29, 0.717) is 43.9 Å². The molecule has 0 aromatic heterocycles. The van der Waals surface area contributed by atoms with Gasteiger partial charge in [-0.1, -0.05) is 48.5 Å². The molecule has 2 aliphatic heterocycles. The number of carbonyl (C=O) groups is 2. The lowest BCUT2D eigenvalue weighted by molar-refractivity contribution is 0.0552. The van der Waals surface area contributed by atoms with Crippen molar-refractivity contribution in [1.82, 2.24) is 9.80 Å². The van der Waals surface area contributed by atoms with Crippen molar-refractivity contribution < 1.29 is 23.5 Å². The van der Waals surface area contributed by atoms with E-state index in [1.165, 1.54) is 12.1 Å². The number of carbonyl (C=O) groups excluding carboxylic acids is 2. The first-order chi connectivity index (χ1) is 16.5. The molecule has 1 atom stereocenters. The Morgan fingerprint density at radius 3 is 2.56 bits per heavy atom. The van der Waals surface area contributed by atoms with E-state index in [1.807, 2.05) is 30.3 Å². The smallest absolute Gasteiger partial charge is 0.410 e. The first-order valence-electron chi connectivity index (χ1n) is 11.3. The second-order valence-corrected chi connectivity index (χ2v) is 8.81. The summed E-state index contributed by atoms with van der Waals surface area (Å²) in [6, 6.07) is 22.9. The van der Waals surface area contributed by atoms with Gasteiger partial charge in [-0.05, 0) is 41.5 Å². The summed E-state index contributed by atoms with van der Waals surface area (Å²) >= 11 is 0. The van der Waals surface area contributed by atoms with E-state index < -0.39 is 5.60 Å². The number of amides is 2. The number of ether oxygens (including phenoxy) is 2. The lowest BCUT2D eigenvalue weighted by Crippen LogP contribution is -2.39. The van der Waals surface area contributed by atoms with Crippen LogP contribution in [0.5, 0.6) is 5.75 Å². The quantitative estimate of drug-likeness (QED) is 0.538. The van der Waals surface area contributed by atoms with Crippen LogP contribution in [0.1, 0.15) is 27.9 Å². The maximum Gasteiger partial charge on any atom is 0.410 e. The van der Waals surface area contributed by atoms with Crippen LogP contribution in [-0.2, 0) is 17.9 Å². The Morgan fingerprint density at radius 2 is 1.76 bits per heavy atom. The predicted molar refractivity (Wildman–Crippen MR) is 124 cm³/mol. The van der Waals surface area contributed by atoms with Gasteiger partial charge in [0, 0.05) is 25.1 Å². The molecule has 0 unspecified atom stereocenters. The van der Waals surface area contributed by atoms with Crippen molar-refractivity contribution in [2.24, 2.45) is 0 Å². The van der Waals surface area contributed by atoms with E-state index in [4.69, 9.17) is 9.47 Å². The van der Waals surface area contributed by atoms with Gasteiger partial charge in [0.05, 0.1) is 13.1 Å². The molecule has 6 nitrogen and oxygen atoms in total. The predicted octanol–water partition coefficient (Wildman–Crippen LogP) is 4.64. The number of benzene rings is 3. The topological polar surface area (TPSA) is 59.1 Å². The van der Waals surface area contributed by atoms with Gasteiger partial charge in [-0.15, -0.1) is 0 Å². The van der Waals surface area contributed by atoms with Gasteiger partial charge in [-0.25, -0.2) is 9.18 Å². The Kier molecular flexibility index (Phi) is 5.92. The van der Waals surface area contributed by atoms with Crippen molar-refractivity contribution in [2.45, 2.75) is 25.2 Å². The molecule has 1 spiro atoms. The summed E-state index contributed by atoms with van der Waals surface area (Å²) in [5, 5.41) is 0. The van der Waals surface area contributed by atoms with Gasteiger partial charge in [0.1, 0.15) is 18.2 Å². The first-order valence-corrected chi connectivity index (χ1v) is 11.3.